The molecule has 92 valence electrons. The van der Waals surface area contributed by atoms with E-state index in [0.717, 1.165) is 25.2 Å². The van der Waals surface area contributed by atoms with Crippen molar-refractivity contribution < 1.29 is 4.79 Å². The Morgan fingerprint density at radius 3 is 2.94 bits per heavy atom. The van der Waals surface area contributed by atoms with Gasteiger partial charge in [-0.1, -0.05) is 6.07 Å². The third kappa shape index (κ3) is 2.82. The molecule has 1 atom stereocenters. The third-order valence-corrected chi connectivity index (χ3v) is 3.11. The number of hydrogen-bond acceptors (Lipinski definition) is 3. The first-order chi connectivity index (χ1) is 8.18. The van der Waals surface area contributed by atoms with E-state index in [2.05, 4.69) is 10.3 Å². The summed E-state index contributed by atoms with van der Waals surface area (Å²) in [5, 5.41) is 3.37. The van der Waals surface area contributed by atoms with Crippen molar-refractivity contribution in [3.05, 3.63) is 29.6 Å². The summed E-state index contributed by atoms with van der Waals surface area (Å²) in [6.07, 6.45) is 2.33. The fourth-order valence-electron chi connectivity index (χ4n) is 2.13. The molecule has 4 nitrogen and oxygen atoms in total. The van der Waals surface area contributed by atoms with Gasteiger partial charge < -0.3 is 10.2 Å². The summed E-state index contributed by atoms with van der Waals surface area (Å²) in [5.74, 6) is 0.411. The number of rotatable bonds is 2. The lowest BCUT2D eigenvalue weighted by molar-refractivity contribution is 0.0821. The quantitative estimate of drug-likeness (QED) is 0.836. The summed E-state index contributed by atoms with van der Waals surface area (Å²) in [7, 11) is 3.50. The maximum absolute atomic E-state index is 11.8. The molecule has 1 N–H and O–H groups in total. The summed E-state index contributed by atoms with van der Waals surface area (Å²) in [6, 6.07) is 5.72. The highest BCUT2D eigenvalue weighted by molar-refractivity contribution is 5.91. The van der Waals surface area contributed by atoms with Gasteiger partial charge in [-0.25, -0.2) is 4.98 Å². The Kier molecular flexibility index (Phi) is 3.74. The van der Waals surface area contributed by atoms with E-state index in [4.69, 9.17) is 0 Å². The molecule has 2 heterocycles. The Bertz CT molecular complexity index is 397. The molecular weight excluding hydrogens is 214 g/mol. The molecule has 17 heavy (non-hydrogen) atoms. The second-order valence-electron chi connectivity index (χ2n) is 4.69. The van der Waals surface area contributed by atoms with Crippen molar-refractivity contribution in [3.63, 3.8) is 0 Å². The topological polar surface area (TPSA) is 45.2 Å². The largest absolute Gasteiger partial charge is 0.343 e. The molecule has 0 radical (unpaired) electrons. The van der Waals surface area contributed by atoms with E-state index < -0.39 is 0 Å². The van der Waals surface area contributed by atoms with Crippen molar-refractivity contribution in [2.45, 2.75) is 18.8 Å². The highest BCUT2D eigenvalue weighted by Crippen LogP contribution is 2.21. The highest BCUT2D eigenvalue weighted by Gasteiger charge is 2.18. The minimum absolute atomic E-state index is 0.0318. The number of hydrogen-bond donors (Lipinski definition) is 1. The zero-order valence-electron chi connectivity index (χ0n) is 10.4. The van der Waals surface area contributed by atoms with Crippen LogP contribution in [-0.2, 0) is 0 Å². The predicted molar refractivity (Wildman–Crippen MR) is 67.1 cm³/mol. The maximum atomic E-state index is 11.8. The highest BCUT2D eigenvalue weighted by atomic mass is 16.2. The van der Waals surface area contributed by atoms with Gasteiger partial charge in [-0.15, -0.1) is 0 Å². The van der Waals surface area contributed by atoms with Crippen LogP contribution in [0.5, 0.6) is 0 Å². The molecule has 4 heteroatoms. The van der Waals surface area contributed by atoms with Gasteiger partial charge in [0.15, 0.2) is 0 Å². The molecule has 1 unspecified atom stereocenters. The van der Waals surface area contributed by atoms with Gasteiger partial charge in [0.05, 0.1) is 0 Å². The lowest BCUT2D eigenvalue weighted by atomic mass is 9.95. The van der Waals surface area contributed by atoms with Crippen LogP contribution in [0.1, 0.15) is 34.9 Å². The molecule has 0 aromatic carbocycles. The van der Waals surface area contributed by atoms with Gasteiger partial charge in [-0.05, 0) is 31.5 Å². The summed E-state index contributed by atoms with van der Waals surface area (Å²) in [4.78, 5) is 17.9. The van der Waals surface area contributed by atoms with Crippen molar-refractivity contribution >= 4 is 5.91 Å². The van der Waals surface area contributed by atoms with Crippen LogP contribution in [0.2, 0.25) is 0 Å². The summed E-state index contributed by atoms with van der Waals surface area (Å²) < 4.78 is 0. The Labute approximate surface area is 102 Å². The average Bonchev–Trinajstić information content (AvgIpc) is 2.39. The van der Waals surface area contributed by atoms with E-state index >= 15 is 0 Å². The Morgan fingerprint density at radius 2 is 2.29 bits per heavy atom. The number of nitrogens with zero attached hydrogens (tertiary/aromatic N) is 2. The molecule has 0 saturated carbocycles. The molecule has 1 amide bonds. The van der Waals surface area contributed by atoms with E-state index in [1.54, 1.807) is 25.1 Å². The number of amides is 1. The number of carbonyl (C=O) groups excluding carboxylic acids is 1. The van der Waals surface area contributed by atoms with E-state index in [1.807, 2.05) is 12.1 Å². The number of nitrogens with one attached hydrogen (secondary N) is 1. The lowest BCUT2D eigenvalue weighted by Gasteiger charge is -2.22. The second-order valence-corrected chi connectivity index (χ2v) is 4.69. The Hall–Kier alpha value is -1.42. The van der Waals surface area contributed by atoms with Crippen LogP contribution in [-0.4, -0.2) is 43.0 Å². The number of piperidine rings is 1. The van der Waals surface area contributed by atoms with Crippen LogP contribution in [0.25, 0.3) is 0 Å². The monoisotopic (exact) mass is 233 g/mol. The summed E-state index contributed by atoms with van der Waals surface area (Å²) >= 11 is 0. The molecule has 0 aliphatic carbocycles. The first-order valence-electron chi connectivity index (χ1n) is 6.08. The maximum Gasteiger partial charge on any atom is 0.271 e. The molecule has 0 spiro atoms. The van der Waals surface area contributed by atoms with Crippen molar-refractivity contribution in [1.82, 2.24) is 15.2 Å². The van der Waals surface area contributed by atoms with E-state index in [-0.39, 0.29) is 5.91 Å². The average molecular weight is 233 g/mol. The number of carbonyl (C=O) groups is 1. The fourth-order valence-corrected chi connectivity index (χ4v) is 2.13. The van der Waals surface area contributed by atoms with E-state index in [0.29, 0.717) is 11.6 Å². The van der Waals surface area contributed by atoms with Gasteiger partial charge >= 0.3 is 0 Å². The van der Waals surface area contributed by atoms with Gasteiger partial charge in [0.25, 0.3) is 5.91 Å². The first-order valence-corrected chi connectivity index (χ1v) is 6.08. The van der Waals surface area contributed by atoms with Crippen LogP contribution in [0.15, 0.2) is 18.2 Å². The van der Waals surface area contributed by atoms with Crippen molar-refractivity contribution in [3.8, 4) is 0 Å². The molecule has 2 rings (SSSR count). The van der Waals surface area contributed by atoms with Crippen molar-refractivity contribution in [2.75, 3.05) is 27.2 Å². The van der Waals surface area contributed by atoms with Gasteiger partial charge in [0.1, 0.15) is 5.69 Å². The molecule has 1 aliphatic rings. The summed E-state index contributed by atoms with van der Waals surface area (Å²) in [6.45, 7) is 2.05. The molecule has 1 aliphatic heterocycles. The smallest absolute Gasteiger partial charge is 0.271 e. The van der Waals surface area contributed by atoms with Gasteiger partial charge in [-0.2, -0.15) is 0 Å². The van der Waals surface area contributed by atoms with Crippen LogP contribution in [0.4, 0.5) is 0 Å². The van der Waals surface area contributed by atoms with Crippen LogP contribution < -0.4 is 5.32 Å². The second kappa shape index (κ2) is 5.27. The summed E-state index contributed by atoms with van der Waals surface area (Å²) in [5.41, 5.74) is 1.57. The fraction of sp³-hybridized carbons (Fsp3) is 0.538. The van der Waals surface area contributed by atoms with Crippen molar-refractivity contribution in [1.29, 1.82) is 0 Å². The Balaban J connectivity index is 2.18. The number of aromatic nitrogens is 1. The predicted octanol–water partition coefficient (Wildman–Crippen LogP) is 1.25. The zero-order valence-corrected chi connectivity index (χ0v) is 10.4. The minimum Gasteiger partial charge on any atom is -0.343 e. The van der Waals surface area contributed by atoms with Crippen LogP contribution in [0, 0.1) is 0 Å². The molecule has 0 bridgehead atoms. The van der Waals surface area contributed by atoms with Crippen molar-refractivity contribution in [2.24, 2.45) is 0 Å². The van der Waals surface area contributed by atoms with E-state index in [9.17, 15) is 4.79 Å². The van der Waals surface area contributed by atoms with Gasteiger partial charge in [-0.3, -0.25) is 4.79 Å². The molecule has 1 saturated heterocycles. The molecule has 1 fully saturated rings. The zero-order chi connectivity index (χ0) is 12.3. The van der Waals surface area contributed by atoms with Gasteiger partial charge in [0, 0.05) is 32.3 Å². The normalized spacial score (nSPS) is 20.0. The first kappa shape index (κ1) is 12.0. The SMILES string of the molecule is CN(C)C(=O)c1cccc(C2CCCNC2)n1. The molecule has 1 aromatic heterocycles. The standard InChI is InChI=1S/C13H19N3O/c1-16(2)13(17)12-7-3-6-11(15-12)10-5-4-8-14-9-10/h3,6-7,10,14H,4-5,8-9H2,1-2H3. The Morgan fingerprint density at radius 1 is 1.47 bits per heavy atom. The van der Waals surface area contributed by atoms with E-state index in [1.165, 1.54) is 6.42 Å². The molecular formula is C13H19N3O. The van der Waals surface area contributed by atoms with Gasteiger partial charge in [0.2, 0.25) is 0 Å². The van der Waals surface area contributed by atoms with Crippen LogP contribution >= 0.6 is 0 Å². The number of pyridine rings is 1. The third-order valence-electron chi connectivity index (χ3n) is 3.11. The molecule has 1 aromatic rings. The van der Waals surface area contributed by atoms with Crippen LogP contribution in [0.3, 0.4) is 0 Å². The lowest BCUT2D eigenvalue weighted by Crippen LogP contribution is -2.29. The minimum atomic E-state index is -0.0318.